The van der Waals surface area contributed by atoms with Gasteiger partial charge in [0, 0.05) is 11.6 Å². The molecule has 3 rings (SSSR count). The van der Waals surface area contributed by atoms with E-state index in [0.29, 0.717) is 4.88 Å². The molecule has 110 valence electrons. The Bertz CT molecular complexity index is 672. The van der Waals surface area contributed by atoms with Crippen molar-refractivity contribution in [3.63, 3.8) is 0 Å². The predicted octanol–water partition coefficient (Wildman–Crippen LogP) is 3.53. The minimum absolute atomic E-state index is 0.134. The number of hydrogen-bond donors (Lipinski definition) is 0. The van der Waals surface area contributed by atoms with Crippen molar-refractivity contribution in [1.29, 1.82) is 0 Å². The minimum Gasteiger partial charge on any atom is -0.292 e. The number of nitrogens with zero attached hydrogens (tertiary/aromatic N) is 3. The van der Waals surface area contributed by atoms with Crippen molar-refractivity contribution >= 4 is 17.3 Å². The largest absolute Gasteiger partial charge is 0.292 e. The maximum absolute atomic E-state index is 13.0. The Kier molecular flexibility index (Phi) is 3.61. The Morgan fingerprint density at radius 1 is 1.38 bits per heavy atom. The number of pyridine rings is 1. The van der Waals surface area contributed by atoms with Crippen LogP contribution in [0.4, 0.5) is 0 Å². The van der Waals surface area contributed by atoms with E-state index in [2.05, 4.69) is 41.4 Å². The highest BCUT2D eigenvalue weighted by atomic mass is 32.1. The lowest BCUT2D eigenvalue weighted by Crippen LogP contribution is -2.23. The average molecular weight is 301 g/mol. The van der Waals surface area contributed by atoms with E-state index < -0.39 is 0 Å². The number of aryl methyl sites for hydroxylation is 1. The summed E-state index contributed by atoms with van der Waals surface area (Å²) in [5.74, 6) is -0.00660. The smallest absolute Gasteiger partial charge is 0.185 e. The van der Waals surface area contributed by atoms with Gasteiger partial charge in [0.25, 0.3) is 0 Å². The van der Waals surface area contributed by atoms with Crippen LogP contribution in [0.5, 0.6) is 0 Å². The van der Waals surface area contributed by atoms with Crippen LogP contribution in [0.25, 0.3) is 0 Å². The van der Waals surface area contributed by atoms with Crippen LogP contribution in [0.1, 0.15) is 66.2 Å². The Morgan fingerprint density at radius 2 is 2.19 bits per heavy atom. The van der Waals surface area contributed by atoms with E-state index in [1.165, 1.54) is 17.1 Å². The van der Waals surface area contributed by atoms with Crippen LogP contribution in [0.2, 0.25) is 0 Å². The molecule has 0 saturated heterocycles. The molecule has 1 aliphatic carbocycles. The van der Waals surface area contributed by atoms with E-state index in [1.54, 1.807) is 6.20 Å². The second-order valence-corrected chi connectivity index (χ2v) is 7.31. The first-order valence-corrected chi connectivity index (χ1v) is 8.06. The van der Waals surface area contributed by atoms with Crippen molar-refractivity contribution in [3.8, 4) is 0 Å². The summed E-state index contributed by atoms with van der Waals surface area (Å²) in [6.07, 6.45) is 4.69. The molecular weight excluding hydrogens is 282 g/mol. The number of hydrogen-bond acceptors (Lipinski definition) is 5. The highest BCUT2D eigenvalue weighted by Crippen LogP contribution is 2.35. The summed E-state index contributed by atoms with van der Waals surface area (Å²) in [5, 5.41) is 4.19. The van der Waals surface area contributed by atoms with E-state index in [1.807, 2.05) is 6.07 Å². The van der Waals surface area contributed by atoms with Gasteiger partial charge in [0.05, 0.1) is 17.3 Å². The molecule has 4 nitrogen and oxygen atoms in total. The van der Waals surface area contributed by atoms with Gasteiger partial charge in [-0.15, -0.1) is 5.10 Å². The fraction of sp³-hybridized carbons (Fsp3) is 0.500. The van der Waals surface area contributed by atoms with Crippen molar-refractivity contribution in [1.82, 2.24) is 14.6 Å². The van der Waals surface area contributed by atoms with Crippen LogP contribution in [0.3, 0.4) is 0 Å². The van der Waals surface area contributed by atoms with Crippen molar-refractivity contribution in [2.75, 3.05) is 0 Å². The second-order valence-electron chi connectivity index (χ2n) is 6.56. The molecule has 0 saturated carbocycles. The fourth-order valence-electron chi connectivity index (χ4n) is 2.87. The van der Waals surface area contributed by atoms with Crippen LogP contribution in [0.15, 0.2) is 18.3 Å². The molecule has 0 bridgehead atoms. The van der Waals surface area contributed by atoms with Crippen molar-refractivity contribution in [2.45, 2.75) is 51.4 Å². The summed E-state index contributed by atoms with van der Waals surface area (Å²) in [6.45, 7) is 6.19. The summed E-state index contributed by atoms with van der Waals surface area (Å²) < 4.78 is 4.01. The van der Waals surface area contributed by atoms with Crippen molar-refractivity contribution in [2.24, 2.45) is 0 Å². The average Bonchev–Trinajstić information content (AvgIpc) is 2.95. The van der Waals surface area contributed by atoms with Gasteiger partial charge >= 0.3 is 0 Å². The first-order chi connectivity index (χ1) is 9.98. The molecule has 2 aromatic rings. The molecule has 21 heavy (non-hydrogen) atoms. The lowest BCUT2D eigenvalue weighted by atomic mass is 9.81. The Balaban J connectivity index is 2.00. The number of aromatic nitrogens is 3. The maximum atomic E-state index is 13.0. The molecule has 0 aromatic carbocycles. The summed E-state index contributed by atoms with van der Waals surface area (Å²) in [6, 6.07) is 4.03. The summed E-state index contributed by atoms with van der Waals surface area (Å²) in [4.78, 5) is 18.1. The molecule has 1 atom stereocenters. The normalized spacial score (nSPS) is 18.3. The van der Waals surface area contributed by atoms with Crippen molar-refractivity contribution in [3.05, 3.63) is 40.2 Å². The number of Topliss-reactive ketones (excluding diaryl/α,β-unsaturated/α-hetero) is 1. The zero-order valence-electron chi connectivity index (χ0n) is 12.6. The minimum atomic E-state index is -0.167. The summed E-state index contributed by atoms with van der Waals surface area (Å²) in [7, 11) is 0. The topological polar surface area (TPSA) is 55.7 Å². The van der Waals surface area contributed by atoms with Crippen LogP contribution in [-0.2, 0) is 11.8 Å². The molecular formula is C16H19N3OS. The lowest BCUT2D eigenvalue weighted by Gasteiger charge is -2.24. The molecule has 0 amide bonds. The third-order valence-electron chi connectivity index (χ3n) is 3.93. The second kappa shape index (κ2) is 5.30. The third kappa shape index (κ3) is 2.62. The van der Waals surface area contributed by atoms with Gasteiger partial charge in [0.2, 0.25) is 0 Å². The fourth-order valence-corrected chi connectivity index (χ4v) is 3.74. The van der Waals surface area contributed by atoms with Gasteiger partial charge in [-0.1, -0.05) is 31.3 Å². The third-order valence-corrected chi connectivity index (χ3v) is 4.67. The summed E-state index contributed by atoms with van der Waals surface area (Å²) in [5.41, 5.74) is 2.79. The molecule has 0 fully saturated rings. The Hall–Kier alpha value is -1.62. The Morgan fingerprint density at radius 3 is 2.95 bits per heavy atom. The van der Waals surface area contributed by atoms with E-state index in [-0.39, 0.29) is 17.1 Å². The van der Waals surface area contributed by atoms with Crippen LogP contribution in [-0.4, -0.2) is 20.4 Å². The van der Waals surface area contributed by atoms with Gasteiger partial charge in [0.15, 0.2) is 5.78 Å². The molecule has 0 spiro atoms. The highest BCUT2D eigenvalue weighted by molar-refractivity contribution is 7.08. The molecule has 2 heterocycles. The molecule has 1 unspecified atom stereocenters. The number of fused-ring (bicyclic) bond motifs is 1. The predicted molar refractivity (Wildman–Crippen MR) is 82.9 cm³/mol. The van der Waals surface area contributed by atoms with E-state index in [9.17, 15) is 4.79 Å². The standard InChI is InChI=1S/C16H19N3OS/c1-16(2,3)15-14(21-19-18-15)13(20)11-8-4-6-10-7-5-9-17-12(10)11/h5,7,9,11H,4,6,8H2,1-3H3. The summed E-state index contributed by atoms with van der Waals surface area (Å²) >= 11 is 1.21. The maximum Gasteiger partial charge on any atom is 0.185 e. The van der Waals surface area contributed by atoms with E-state index >= 15 is 0 Å². The van der Waals surface area contributed by atoms with Gasteiger partial charge in [-0.25, -0.2) is 0 Å². The van der Waals surface area contributed by atoms with E-state index in [4.69, 9.17) is 0 Å². The quantitative estimate of drug-likeness (QED) is 0.796. The van der Waals surface area contributed by atoms with Crippen LogP contribution in [0, 0.1) is 0 Å². The first kappa shape index (κ1) is 14.3. The van der Waals surface area contributed by atoms with Crippen molar-refractivity contribution < 1.29 is 4.79 Å². The first-order valence-electron chi connectivity index (χ1n) is 7.29. The zero-order valence-corrected chi connectivity index (χ0v) is 13.4. The highest BCUT2D eigenvalue weighted by Gasteiger charge is 2.34. The Labute approximate surface area is 128 Å². The molecule has 5 heteroatoms. The number of rotatable bonds is 2. The van der Waals surface area contributed by atoms with Crippen LogP contribution >= 0.6 is 11.5 Å². The van der Waals surface area contributed by atoms with E-state index in [0.717, 1.165) is 30.7 Å². The van der Waals surface area contributed by atoms with Gasteiger partial charge < -0.3 is 0 Å². The monoisotopic (exact) mass is 301 g/mol. The zero-order chi connectivity index (χ0) is 15.0. The SMILES string of the molecule is CC(C)(C)c1nnsc1C(=O)C1CCCc2cccnc21. The van der Waals surface area contributed by atoms with Gasteiger partial charge in [-0.05, 0) is 42.4 Å². The molecule has 0 aliphatic heterocycles. The molecule has 2 aromatic heterocycles. The lowest BCUT2D eigenvalue weighted by molar-refractivity contribution is 0.0950. The number of ketones is 1. The molecule has 0 radical (unpaired) electrons. The molecule has 1 aliphatic rings. The molecule has 0 N–H and O–H groups in total. The number of carbonyl (C=O) groups excluding carboxylic acids is 1. The van der Waals surface area contributed by atoms with Gasteiger partial charge in [0.1, 0.15) is 4.88 Å². The number of carbonyl (C=O) groups is 1. The van der Waals surface area contributed by atoms with Gasteiger partial charge in [-0.2, -0.15) is 0 Å². The van der Waals surface area contributed by atoms with Gasteiger partial charge in [-0.3, -0.25) is 9.78 Å². The van der Waals surface area contributed by atoms with Crippen LogP contribution < -0.4 is 0 Å².